The van der Waals surface area contributed by atoms with E-state index >= 15 is 0 Å². The number of aryl methyl sites for hydroxylation is 1. The first-order valence-corrected chi connectivity index (χ1v) is 10.8. The number of rotatable bonds is 4. The molecule has 2 aromatic heterocycles. The van der Waals surface area contributed by atoms with E-state index in [1.807, 2.05) is 37.3 Å². The molecule has 0 bridgehead atoms. The van der Waals surface area contributed by atoms with Crippen molar-refractivity contribution < 1.29 is 13.6 Å². The average Bonchev–Trinajstić information content (AvgIpc) is 2.77. The van der Waals surface area contributed by atoms with Crippen LogP contribution in [0.15, 0.2) is 95.7 Å². The third-order valence-electron chi connectivity index (χ3n) is 5.36. The fraction of sp³-hybridized carbons (Fsp3) is 0.0769. The van der Waals surface area contributed by atoms with Crippen LogP contribution in [-0.4, -0.2) is 0 Å². The third-order valence-corrected chi connectivity index (χ3v) is 5.85. The number of ether oxygens (including phenoxy) is 1. The maximum absolute atomic E-state index is 12.7. The summed E-state index contributed by atoms with van der Waals surface area (Å²) >= 11 is 3.43. The van der Waals surface area contributed by atoms with Crippen molar-refractivity contribution in [2.24, 2.45) is 0 Å². The van der Waals surface area contributed by atoms with E-state index in [4.69, 9.17) is 13.6 Å². The Hall–Kier alpha value is -3.64. The van der Waals surface area contributed by atoms with E-state index in [1.165, 1.54) is 6.07 Å². The van der Waals surface area contributed by atoms with Crippen LogP contribution >= 0.6 is 15.9 Å². The normalized spacial score (nSPS) is 11.2. The van der Waals surface area contributed by atoms with Crippen molar-refractivity contribution in [2.75, 3.05) is 0 Å². The van der Waals surface area contributed by atoms with Crippen molar-refractivity contribution in [3.05, 3.63) is 109 Å². The third kappa shape index (κ3) is 3.85. The molecule has 0 spiro atoms. The fourth-order valence-corrected chi connectivity index (χ4v) is 4.05. The molecule has 0 atom stereocenters. The Bertz CT molecular complexity index is 1600. The van der Waals surface area contributed by atoms with Gasteiger partial charge >= 0.3 is 11.3 Å². The van der Waals surface area contributed by atoms with Crippen LogP contribution in [-0.2, 0) is 6.61 Å². The van der Waals surface area contributed by atoms with E-state index in [1.54, 1.807) is 36.4 Å². The number of hydrogen-bond donors (Lipinski definition) is 0. The lowest BCUT2D eigenvalue weighted by Gasteiger charge is -2.10. The molecule has 5 nitrogen and oxygen atoms in total. The topological polar surface area (TPSA) is 69.7 Å². The maximum atomic E-state index is 12.7. The molecule has 32 heavy (non-hydrogen) atoms. The lowest BCUT2D eigenvalue weighted by Crippen LogP contribution is -2.06. The molecular weight excluding hydrogens is 472 g/mol. The van der Waals surface area contributed by atoms with Gasteiger partial charge in [-0.15, -0.1) is 0 Å². The first-order valence-electron chi connectivity index (χ1n) is 9.97. The van der Waals surface area contributed by atoms with Crippen molar-refractivity contribution in [3.63, 3.8) is 0 Å². The first-order chi connectivity index (χ1) is 15.5. The van der Waals surface area contributed by atoms with E-state index in [2.05, 4.69) is 15.9 Å². The van der Waals surface area contributed by atoms with E-state index in [-0.39, 0.29) is 0 Å². The van der Waals surface area contributed by atoms with Crippen molar-refractivity contribution in [3.8, 4) is 16.9 Å². The molecule has 0 amide bonds. The molecule has 0 unspecified atom stereocenters. The maximum Gasteiger partial charge on any atom is 0.344 e. The number of fused-ring (bicyclic) bond motifs is 2. The van der Waals surface area contributed by atoms with Gasteiger partial charge in [0, 0.05) is 32.9 Å². The summed E-state index contributed by atoms with van der Waals surface area (Å²) in [5.74, 6) is 0.565. The molecule has 158 valence electrons. The Morgan fingerprint density at radius 2 is 1.69 bits per heavy atom. The first kappa shape index (κ1) is 20.3. The minimum absolute atomic E-state index is 0.294. The highest BCUT2D eigenvalue weighted by Crippen LogP contribution is 2.30. The molecule has 6 heteroatoms. The zero-order valence-corrected chi connectivity index (χ0v) is 18.6. The second kappa shape index (κ2) is 8.13. The van der Waals surface area contributed by atoms with Crippen LogP contribution < -0.4 is 16.0 Å². The number of benzene rings is 3. The molecule has 5 aromatic rings. The average molecular weight is 489 g/mol. The van der Waals surface area contributed by atoms with Gasteiger partial charge in [0.15, 0.2) is 0 Å². The quantitative estimate of drug-likeness (QED) is 0.281. The summed E-state index contributed by atoms with van der Waals surface area (Å²) in [6, 6.07) is 21.6. The van der Waals surface area contributed by atoms with Crippen molar-refractivity contribution >= 4 is 37.9 Å². The van der Waals surface area contributed by atoms with Crippen LogP contribution in [0, 0.1) is 6.92 Å². The van der Waals surface area contributed by atoms with Gasteiger partial charge in [-0.05, 0) is 54.4 Å². The summed E-state index contributed by atoms with van der Waals surface area (Å²) in [5, 5.41) is 1.36. The Kier molecular flexibility index (Phi) is 5.15. The minimum Gasteiger partial charge on any atom is -0.489 e. The molecule has 0 radical (unpaired) electrons. The summed E-state index contributed by atoms with van der Waals surface area (Å²) in [6.07, 6.45) is 0. The van der Waals surface area contributed by atoms with Gasteiger partial charge in [0.1, 0.15) is 23.5 Å². The molecule has 3 aromatic carbocycles. The second-order valence-electron chi connectivity index (χ2n) is 7.48. The van der Waals surface area contributed by atoms with Gasteiger partial charge in [-0.2, -0.15) is 0 Å². The van der Waals surface area contributed by atoms with Crippen LogP contribution in [0.5, 0.6) is 5.75 Å². The van der Waals surface area contributed by atoms with Gasteiger partial charge in [-0.1, -0.05) is 40.2 Å². The summed E-state index contributed by atoms with van der Waals surface area (Å²) < 4.78 is 17.7. The Labute approximate surface area is 191 Å². The van der Waals surface area contributed by atoms with Gasteiger partial charge in [0.2, 0.25) is 0 Å². The SMILES string of the molecule is Cc1ccccc1COc1ccc2c(-c3cc4cc(Br)ccc4oc3=O)cc(=O)oc2c1. The highest BCUT2D eigenvalue weighted by atomic mass is 79.9. The Morgan fingerprint density at radius 1 is 0.844 bits per heavy atom. The number of halogens is 1. The summed E-state index contributed by atoms with van der Waals surface area (Å²) in [6.45, 7) is 2.42. The summed E-state index contributed by atoms with van der Waals surface area (Å²) in [5.41, 5.74) is 2.69. The minimum atomic E-state index is -0.558. The van der Waals surface area contributed by atoms with E-state index in [0.717, 1.165) is 21.0 Å². The molecule has 0 saturated carbocycles. The van der Waals surface area contributed by atoms with Crippen molar-refractivity contribution in [1.82, 2.24) is 0 Å². The van der Waals surface area contributed by atoms with Crippen LogP contribution in [0.25, 0.3) is 33.1 Å². The lowest BCUT2D eigenvalue weighted by atomic mass is 10.0. The van der Waals surface area contributed by atoms with Gasteiger partial charge < -0.3 is 13.6 Å². The smallest absolute Gasteiger partial charge is 0.344 e. The lowest BCUT2D eigenvalue weighted by molar-refractivity contribution is 0.305. The summed E-state index contributed by atoms with van der Waals surface area (Å²) in [4.78, 5) is 25.0. The zero-order valence-electron chi connectivity index (χ0n) is 17.1. The molecule has 0 aliphatic rings. The van der Waals surface area contributed by atoms with Crippen molar-refractivity contribution in [1.29, 1.82) is 0 Å². The predicted molar refractivity (Wildman–Crippen MR) is 127 cm³/mol. The summed E-state index contributed by atoms with van der Waals surface area (Å²) in [7, 11) is 0. The van der Waals surface area contributed by atoms with Crippen LogP contribution in [0.3, 0.4) is 0 Å². The molecule has 0 saturated heterocycles. The van der Waals surface area contributed by atoms with E-state index in [9.17, 15) is 9.59 Å². The van der Waals surface area contributed by atoms with Crippen LogP contribution in [0.2, 0.25) is 0 Å². The molecule has 0 aliphatic carbocycles. The fourth-order valence-electron chi connectivity index (χ4n) is 3.67. The molecule has 0 aliphatic heterocycles. The van der Waals surface area contributed by atoms with Gasteiger partial charge in [0.05, 0.1) is 5.56 Å². The highest BCUT2D eigenvalue weighted by Gasteiger charge is 2.15. The monoisotopic (exact) mass is 488 g/mol. The van der Waals surface area contributed by atoms with Gasteiger partial charge in [0.25, 0.3) is 0 Å². The number of hydrogen-bond acceptors (Lipinski definition) is 5. The second-order valence-corrected chi connectivity index (χ2v) is 8.40. The van der Waals surface area contributed by atoms with Crippen LogP contribution in [0.4, 0.5) is 0 Å². The van der Waals surface area contributed by atoms with Crippen LogP contribution in [0.1, 0.15) is 11.1 Å². The van der Waals surface area contributed by atoms with E-state index in [0.29, 0.717) is 40.0 Å². The van der Waals surface area contributed by atoms with E-state index < -0.39 is 11.3 Å². The Balaban J connectivity index is 1.58. The Morgan fingerprint density at radius 3 is 2.53 bits per heavy atom. The largest absolute Gasteiger partial charge is 0.489 e. The van der Waals surface area contributed by atoms with Gasteiger partial charge in [-0.3, -0.25) is 0 Å². The molecule has 0 N–H and O–H groups in total. The molecule has 0 fully saturated rings. The standard InChI is InChI=1S/C26H17BrO5/c1-15-4-2-3-5-16(15)14-30-19-7-8-20-21(13-25(28)31-24(20)12-19)22-11-17-10-18(27)6-9-23(17)32-26(22)29/h2-13H,14H2,1H3. The molecule has 2 heterocycles. The zero-order chi connectivity index (χ0) is 22.2. The predicted octanol–water partition coefficient (Wildman–Crippen LogP) is 6.22. The van der Waals surface area contributed by atoms with Gasteiger partial charge in [-0.25, -0.2) is 9.59 Å². The van der Waals surface area contributed by atoms with Crippen molar-refractivity contribution in [2.45, 2.75) is 13.5 Å². The molecule has 5 rings (SSSR count). The highest BCUT2D eigenvalue weighted by molar-refractivity contribution is 9.10. The molecular formula is C26H17BrO5.